The standard InChI is InChI=1S/C19H19NO4/c1-13-7-9-14(10-8-13)17(21)11-12-18(22)20-16-6-4-3-5-15(16)19(23)24-2/h3-10H,11-12H2,1-2H3,(H,20,22). The number of rotatable bonds is 6. The Kier molecular flexibility index (Phi) is 5.84. The Morgan fingerprint density at radius 3 is 2.29 bits per heavy atom. The fourth-order valence-electron chi connectivity index (χ4n) is 2.20. The Hall–Kier alpha value is -2.95. The third-order valence-corrected chi connectivity index (χ3v) is 3.56. The molecule has 0 saturated heterocycles. The van der Waals surface area contributed by atoms with Gasteiger partial charge in [-0.1, -0.05) is 42.0 Å². The number of carbonyl (C=O) groups excluding carboxylic acids is 3. The fraction of sp³-hybridized carbons (Fsp3) is 0.211. The van der Waals surface area contributed by atoms with Gasteiger partial charge in [-0.3, -0.25) is 9.59 Å². The van der Waals surface area contributed by atoms with Crippen LogP contribution in [0.3, 0.4) is 0 Å². The highest BCUT2D eigenvalue weighted by Crippen LogP contribution is 2.17. The van der Waals surface area contributed by atoms with Crippen LogP contribution in [0.4, 0.5) is 5.69 Å². The number of esters is 1. The number of Topliss-reactive ketones (excluding diaryl/α,β-unsaturated/α-hetero) is 1. The van der Waals surface area contributed by atoms with Gasteiger partial charge in [-0.15, -0.1) is 0 Å². The summed E-state index contributed by atoms with van der Waals surface area (Å²) in [5, 5.41) is 2.65. The first-order valence-electron chi connectivity index (χ1n) is 7.58. The van der Waals surface area contributed by atoms with Crippen LogP contribution >= 0.6 is 0 Å². The van der Waals surface area contributed by atoms with Crippen LogP contribution < -0.4 is 5.32 Å². The van der Waals surface area contributed by atoms with Crippen molar-refractivity contribution in [3.8, 4) is 0 Å². The molecular formula is C19H19NO4. The molecular weight excluding hydrogens is 306 g/mol. The summed E-state index contributed by atoms with van der Waals surface area (Å²) in [7, 11) is 1.28. The van der Waals surface area contributed by atoms with Crippen LogP contribution in [0.5, 0.6) is 0 Å². The van der Waals surface area contributed by atoms with Crippen molar-refractivity contribution in [2.24, 2.45) is 0 Å². The van der Waals surface area contributed by atoms with E-state index in [4.69, 9.17) is 0 Å². The predicted octanol–water partition coefficient (Wildman–Crippen LogP) is 3.38. The molecule has 0 aliphatic carbocycles. The zero-order chi connectivity index (χ0) is 17.5. The molecule has 2 aromatic rings. The highest BCUT2D eigenvalue weighted by molar-refractivity contribution is 6.03. The number of nitrogens with one attached hydrogen (secondary N) is 1. The number of carbonyl (C=O) groups is 3. The summed E-state index contributed by atoms with van der Waals surface area (Å²) in [5.41, 5.74) is 2.31. The third kappa shape index (κ3) is 4.52. The van der Waals surface area contributed by atoms with Gasteiger partial charge in [0, 0.05) is 18.4 Å². The van der Waals surface area contributed by atoms with E-state index >= 15 is 0 Å². The summed E-state index contributed by atoms with van der Waals surface area (Å²) in [5.74, 6) is -0.945. The van der Waals surface area contributed by atoms with E-state index in [-0.39, 0.29) is 30.1 Å². The molecule has 124 valence electrons. The zero-order valence-corrected chi connectivity index (χ0v) is 13.7. The lowest BCUT2D eigenvalue weighted by atomic mass is 10.0. The molecule has 0 radical (unpaired) electrons. The molecule has 0 spiro atoms. The maximum absolute atomic E-state index is 12.1. The van der Waals surface area contributed by atoms with Gasteiger partial charge < -0.3 is 10.1 Å². The average Bonchev–Trinajstić information content (AvgIpc) is 2.60. The summed E-state index contributed by atoms with van der Waals surface area (Å²) < 4.78 is 4.68. The van der Waals surface area contributed by atoms with Gasteiger partial charge in [-0.25, -0.2) is 4.79 Å². The number of hydrogen-bond donors (Lipinski definition) is 1. The maximum atomic E-state index is 12.1. The smallest absolute Gasteiger partial charge is 0.339 e. The lowest BCUT2D eigenvalue weighted by Gasteiger charge is -2.09. The molecule has 0 unspecified atom stereocenters. The van der Waals surface area contributed by atoms with Crippen LogP contribution in [0.2, 0.25) is 0 Å². The first-order valence-corrected chi connectivity index (χ1v) is 7.58. The van der Waals surface area contributed by atoms with Gasteiger partial charge >= 0.3 is 5.97 Å². The number of ether oxygens (including phenoxy) is 1. The molecule has 2 aromatic carbocycles. The van der Waals surface area contributed by atoms with Crippen LogP contribution in [-0.4, -0.2) is 24.8 Å². The van der Waals surface area contributed by atoms with E-state index in [2.05, 4.69) is 10.1 Å². The largest absolute Gasteiger partial charge is 0.465 e. The molecule has 0 aromatic heterocycles. The minimum absolute atomic E-state index is 0.0439. The molecule has 1 amide bonds. The van der Waals surface area contributed by atoms with E-state index in [1.807, 2.05) is 19.1 Å². The van der Waals surface area contributed by atoms with Crippen molar-refractivity contribution in [1.82, 2.24) is 0 Å². The number of hydrogen-bond acceptors (Lipinski definition) is 4. The minimum atomic E-state index is -0.526. The normalized spacial score (nSPS) is 10.1. The quantitative estimate of drug-likeness (QED) is 0.653. The first-order chi connectivity index (χ1) is 11.5. The van der Waals surface area contributed by atoms with Gasteiger partial charge in [0.2, 0.25) is 5.91 Å². The van der Waals surface area contributed by atoms with Crippen LogP contribution in [0.1, 0.15) is 39.1 Å². The van der Waals surface area contributed by atoms with Gasteiger partial charge in [-0.05, 0) is 19.1 Å². The molecule has 0 bridgehead atoms. The fourth-order valence-corrected chi connectivity index (χ4v) is 2.20. The SMILES string of the molecule is COC(=O)c1ccccc1NC(=O)CCC(=O)c1ccc(C)cc1. The van der Waals surface area contributed by atoms with Gasteiger partial charge in [0.1, 0.15) is 0 Å². The molecule has 1 N–H and O–H groups in total. The van der Waals surface area contributed by atoms with E-state index in [0.29, 0.717) is 11.3 Å². The Morgan fingerprint density at radius 2 is 1.62 bits per heavy atom. The molecule has 5 heteroatoms. The van der Waals surface area contributed by atoms with Crippen molar-refractivity contribution in [3.05, 3.63) is 65.2 Å². The van der Waals surface area contributed by atoms with Crippen LogP contribution in [-0.2, 0) is 9.53 Å². The van der Waals surface area contributed by atoms with Crippen molar-refractivity contribution in [3.63, 3.8) is 0 Å². The van der Waals surface area contributed by atoms with Crippen LogP contribution in [0, 0.1) is 6.92 Å². The topological polar surface area (TPSA) is 72.5 Å². The molecule has 0 fully saturated rings. The number of anilines is 1. The van der Waals surface area contributed by atoms with Gasteiger partial charge in [0.15, 0.2) is 5.78 Å². The number of aryl methyl sites for hydroxylation is 1. The molecule has 0 aliphatic heterocycles. The first kappa shape index (κ1) is 17.4. The number of benzene rings is 2. The van der Waals surface area contributed by atoms with Crippen molar-refractivity contribution >= 4 is 23.3 Å². The lowest BCUT2D eigenvalue weighted by molar-refractivity contribution is -0.116. The van der Waals surface area contributed by atoms with Crippen molar-refractivity contribution in [2.75, 3.05) is 12.4 Å². The predicted molar refractivity (Wildman–Crippen MR) is 91.2 cm³/mol. The summed E-state index contributed by atoms with van der Waals surface area (Å²) >= 11 is 0. The number of methoxy groups -OCH3 is 1. The summed E-state index contributed by atoms with van der Waals surface area (Å²) in [4.78, 5) is 35.8. The van der Waals surface area contributed by atoms with E-state index in [0.717, 1.165) is 5.56 Å². The number of ketones is 1. The monoisotopic (exact) mass is 325 g/mol. The molecule has 0 heterocycles. The minimum Gasteiger partial charge on any atom is -0.465 e. The molecule has 5 nitrogen and oxygen atoms in total. The lowest BCUT2D eigenvalue weighted by Crippen LogP contribution is -2.16. The van der Waals surface area contributed by atoms with Crippen molar-refractivity contribution in [1.29, 1.82) is 0 Å². The Balaban J connectivity index is 1.95. The van der Waals surface area contributed by atoms with Crippen LogP contribution in [0.15, 0.2) is 48.5 Å². The second-order valence-corrected chi connectivity index (χ2v) is 5.37. The zero-order valence-electron chi connectivity index (χ0n) is 13.7. The van der Waals surface area contributed by atoms with E-state index in [9.17, 15) is 14.4 Å². The molecule has 0 atom stereocenters. The van der Waals surface area contributed by atoms with Crippen molar-refractivity contribution < 1.29 is 19.1 Å². The van der Waals surface area contributed by atoms with E-state index in [1.165, 1.54) is 7.11 Å². The van der Waals surface area contributed by atoms with Crippen molar-refractivity contribution in [2.45, 2.75) is 19.8 Å². The third-order valence-electron chi connectivity index (χ3n) is 3.56. The molecule has 0 saturated carbocycles. The van der Waals surface area contributed by atoms with E-state index < -0.39 is 5.97 Å². The number of amides is 1. The van der Waals surface area contributed by atoms with E-state index in [1.54, 1.807) is 36.4 Å². The summed E-state index contributed by atoms with van der Waals surface area (Å²) in [6.07, 6.45) is 0.150. The number of para-hydroxylation sites is 1. The second kappa shape index (κ2) is 8.06. The highest BCUT2D eigenvalue weighted by Gasteiger charge is 2.14. The Morgan fingerprint density at radius 1 is 0.958 bits per heavy atom. The van der Waals surface area contributed by atoms with Gasteiger partial charge in [-0.2, -0.15) is 0 Å². The Labute approximate surface area is 140 Å². The van der Waals surface area contributed by atoms with Gasteiger partial charge in [0.25, 0.3) is 0 Å². The second-order valence-electron chi connectivity index (χ2n) is 5.37. The summed E-state index contributed by atoms with van der Waals surface area (Å²) in [6, 6.07) is 13.8. The maximum Gasteiger partial charge on any atom is 0.339 e. The highest BCUT2D eigenvalue weighted by atomic mass is 16.5. The van der Waals surface area contributed by atoms with Crippen LogP contribution in [0.25, 0.3) is 0 Å². The molecule has 24 heavy (non-hydrogen) atoms. The molecule has 0 aliphatic rings. The average molecular weight is 325 g/mol. The molecule has 2 rings (SSSR count). The summed E-state index contributed by atoms with van der Waals surface area (Å²) in [6.45, 7) is 1.94. The Bertz CT molecular complexity index is 750. The van der Waals surface area contributed by atoms with Gasteiger partial charge in [0.05, 0.1) is 18.4 Å².